The van der Waals surface area contributed by atoms with Crippen molar-refractivity contribution in [1.29, 1.82) is 0 Å². The third-order valence-electron chi connectivity index (χ3n) is 7.15. The number of carbonyl (C=O) groups is 2. The maximum Gasteiger partial charge on any atom is 0.264 e. The van der Waals surface area contributed by atoms with Crippen LogP contribution in [-0.4, -0.2) is 44.3 Å². The van der Waals surface area contributed by atoms with Crippen molar-refractivity contribution in [3.63, 3.8) is 0 Å². The van der Waals surface area contributed by atoms with Crippen LogP contribution >= 0.6 is 23.2 Å². The second kappa shape index (κ2) is 15.2. The maximum absolute atomic E-state index is 14.4. The molecule has 0 bridgehead atoms. The largest absolute Gasteiger partial charge is 0.354 e. The molecule has 7 nitrogen and oxygen atoms in total. The molecule has 0 saturated heterocycles. The average molecular weight is 653 g/mol. The van der Waals surface area contributed by atoms with Crippen molar-refractivity contribution < 1.29 is 18.0 Å². The molecule has 0 aliphatic heterocycles. The van der Waals surface area contributed by atoms with Gasteiger partial charge in [0.1, 0.15) is 12.6 Å². The Morgan fingerprint density at radius 3 is 2.00 bits per heavy atom. The Bertz CT molecular complexity index is 1670. The summed E-state index contributed by atoms with van der Waals surface area (Å²) in [5.74, 6) is -0.852. The zero-order chi connectivity index (χ0) is 31.7. The highest BCUT2D eigenvalue weighted by atomic mass is 35.5. The number of nitrogens with zero attached hydrogens (tertiary/aromatic N) is 2. The van der Waals surface area contributed by atoms with Gasteiger partial charge in [0.15, 0.2) is 0 Å². The van der Waals surface area contributed by atoms with E-state index in [0.29, 0.717) is 27.8 Å². The maximum atomic E-state index is 14.4. The molecule has 0 fully saturated rings. The standard InChI is InChI=1S/C34H35Cl2N3O4S/c1-3-21-37-34(41)32(22-26-10-5-4-6-11-26)38(23-27-13-15-28(35)16-14-27)33(40)24-39(31-12-8-7-9-25(31)2)44(42,43)30-19-17-29(36)18-20-30/h4-20,32H,3,21-24H2,1-2H3,(H,37,41)/t32-/m1/s1. The number of nitrogens with one attached hydrogen (secondary N) is 1. The third-order valence-corrected chi connectivity index (χ3v) is 9.43. The summed E-state index contributed by atoms with van der Waals surface area (Å²) in [6, 6.07) is 28.3. The Labute approximate surface area is 269 Å². The van der Waals surface area contributed by atoms with E-state index in [1.54, 1.807) is 55.5 Å². The average Bonchev–Trinajstić information content (AvgIpc) is 3.02. The number of rotatable bonds is 13. The van der Waals surface area contributed by atoms with Crippen molar-refractivity contribution in [1.82, 2.24) is 10.2 Å². The second-order valence-corrected chi connectivity index (χ2v) is 13.1. The molecule has 0 heterocycles. The lowest BCUT2D eigenvalue weighted by Crippen LogP contribution is -2.53. The summed E-state index contributed by atoms with van der Waals surface area (Å²) in [6.07, 6.45) is 0.958. The fourth-order valence-electron chi connectivity index (χ4n) is 4.80. The van der Waals surface area contributed by atoms with Gasteiger partial charge in [0.2, 0.25) is 11.8 Å². The number of halogens is 2. The SMILES string of the molecule is CCCNC(=O)[C@@H](Cc1ccccc1)N(Cc1ccc(Cl)cc1)C(=O)CN(c1ccccc1C)S(=O)(=O)c1ccc(Cl)cc1. The molecule has 4 aromatic rings. The van der Waals surface area contributed by atoms with Crippen LogP contribution in [0.1, 0.15) is 30.0 Å². The zero-order valence-electron chi connectivity index (χ0n) is 24.6. The van der Waals surface area contributed by atoms with Crippen molar-refractivity contribution in [3.8, 4) is 0 Å². The first-order valence-electron chi connectivity index (χ1n) is 14.3. The summed E-state index contributed by atoms with van der Waals surface area (Å²) in [4.78, 5) is 29.6. The molecule has 0 aromatic heterocycles. The molecule has 4 aromatic carbocycles. The van der Waals surface area contributed by atoms with Crippen LogP contribution in [0.15, 0.2) is 108 Å². The summed E-state index contributed by atoms with van der Waals surface area (Å²) in [5, 5.41) is 3.86. The van der Waals surface area contributed by atoms with Crippen LogP contribution in [0.4, 0.5) is 5.69 Å². The fraction of sp³-hybridized carbons (Fsp3) is 0.235. The van der Waals surface area contributed by atoms with E-state index in [1.165, 1.54) is 29.2 Å². The highest BCUT2D eigenvalue weighted by Crippen LogP contribution is 2.28. The molecule has 1 N–H and O–H groups in total. The number of benzene rings is 4. The Morgan fingerprint density at radius 2 is 1.39 bits per heavy atom. The number of para-hydroxylation sites is 1. The zero-order valence-corrected chi connectivity index (χ0v) is 26.9. The topological polar surface area (TPSA) is 86.8 Å². The predicted octanol–water partition coefficient (Wildman–Crippen LogP) is 6.66. The molecule has 0 spiro atoms. The molecule has 0 aliphatic rings. The minimum absolute atomic E-state index is 0.0104. The molecule has 0 saturated carbocycles. The van der Waals surface area contributed by atoms with Crippen molar-refractivity contribution in [3.05, 3.63) is 130 Å². The smallest absolute Gasteiger partial charge is 0.264 e. The van der Waals surface area contributed by atoms with Gasteiger partial charge in [-0.25, -0.2) is 8.42 Å². The first-order chi connectivity index (χ1) is 21.1. The molecule has 0 radical (unpaired) electrons. The molecule has 1 atom stereocenters. The summed E-state index contributed by atoms with van der Waals surface area (Å²) in [6.45, 7) is 3.70. The molecule has 4 rings (SSSR count). The van der Waals surface area contributed by atoms with E-state index in [-0.39, 0.29) is 23.8 Å². The molecular weight excluding hydrogens is 617 g/mol. The van der Waals surface area contributed by atoms with E-state index in [2.05, 4.69) is 5.32 Å². The van der Waals surface area contributed by atoms with Gasteiger partial charge in [-0.3, -0.25) is 13.9 Å². The molecule has 2 amide bonds. The normalized spacial score (nSPS) is 11.9. The number of amides is 2. The minimum atomic E-state index is -4.21. The van der Waals surface area contributed by atoms with E-state index < -0.39 is 28.5 Å². The van der Waals surface area contributed by atoms with Gasteiger partial charge in [-0.2, -0.15) is 0 Å². The molecule has 230 valence electrons. The summed E-state index contributed by atoms with van der Waals surface area (Å²) in [7, 11) is -4.21. The van der Waals surface area contributed by atoms with E-state index in [1.807, 2.05) is 37.3 Å². The number of carbonyl (C=O) groups excluding carboxylic acids is 2. The van der Waals surface area contributed by atoms with Crippen LogP contribution in [0.3, 0.4) is 0 Å². The molecule has 10 heteroatoms. The number of hydrogen-bond acceptors (Lipinski definition) is 4. The second-order valence-electron chi connectivity index (χ2n) is 10.4. The Kier molecular flexibility index (Phi) is 11.4. The first kappa shape index (κ1) is 33.1. The third kappa shape index (κ3) is 8.40. The van der Waals surface area contributed by atoms with E-state index in [0.717, 1.165) is 21.9 Å². The van der Waals surface area contributed by atoms with Gasteiger partial charge in [0.05, 0.1) is 10.6 Å². The van der Waals surface area contributed by atoms with Crippen molar-refractivity contribution in [2.45, 2.75) is 44.2 Å². The quantitative estimate of drug-likeness (QED) is 0.175. The summed E-state index contributed by atoms with van der Waals surface area (Å²) < 4.78 is 29.3. The number of anilines is 1. The summed E-state index contributed by atoms with van der Waals surface area (Å²) >= 11 is 12.2. The van der Waals surface area contributed by atoms with Gasteiger partial charge in [0, 0.05) is 29.6 Å². The van der Waals surface area contributed by atoms with Gasteiger partial charge in [-0.15, -0.1) is 0 Å². The van der Waals surface area contributed by atoms with Crippen molar-refractivity contribution in [2.24, 2.45) is 0 Å². The highest BCUT2D eigenvalue weighted by molar-refractivity contribution is 7.92. The fourth-order valence-corrected chi connectivity index (χ4v) is 6.53. The van der Waals surface area contributed by atoms with E-state index in [4.69, 9.17) is 23.2 Å². The number of aryl methyl sites for hydroxylation is 1. The van der Waals surface area contributed by atoms with E-state index >= 15 is 0 Å². The van der Waals surface area contributed by atoms with Crippen LogP contribution in [-0.2, 0) is 32.6 Å². The highest BCUT2D eigenvalue weighted by Gasteiger charge is 2.35. The van der Waals surface area contributed by atoms with Gasteiger partial charge in [-0.05, 0) is 72.5 Å². The van der Waals surface area contributed by atoms with Crippen LogP contribution in [0.5, 0.6) is 0 Å². The molecule has 0 unspecified atom stereocenters. The van der Waals surface area contributed by atoms with Gasteiger partial charge >= 0.3 is 0 Å². The first-order valence-corrected chi connectivity index (χ1v) is 16.5. The molecule has 44 heavy (non-hydrogen) atoms. The Morgan fingerprint density at radius 1 is 0.795 bits per heavy atom. The Hall–Kier alpha value is -3.85. The Balaban J connectivity index is 1.80. The van der Waals surface area contributed by atoms with E-state index in [9.17, 15) is 18.0 Å². The molecule has 0 aliphatic carbocycles. The van der Waals surface area contributed by atoms with Crippen LogP contribution in [0, 0.1) is 6.92 Å². The summed E-state index contributed by atoms with van der Waals surface area (Å²) in [5.41, 5.74) is 2.63. The lowest BCUT2D eigenvalue weighted by Gasteiger charge is -2.34. The van der Waals surface area contributed by atoms with Crippen LogP contribution in [0.25, 0.3) is 0 Å². The predicted molar refractivity (Wildman–Crippen MR) is 176 cm³/mol. The van der Waals surface area contributed by atoms with Gasteiger partial charge in [0.25, 0.3) is 10.0 Å². The lowest BCUT2D eigenvalue weighted by molar-refractivity contribution is -0.140. The molecular formula is C34H35Cl2N3O4S. The monoisotopic (exact) mass is 651 g/mol. The minimum Gasteiger partial charge on any atom is -0.354 e. The van der Waals surface area contributed by atoms with Crippen LogP contribution in [0.2, 0.25) is 10.0 Å². The van der Waals surface area contributed by atoms with Gasteiger partial charge < -0.3 is 10.2 Å². The van der Waals surface area contributed by atoms with Crippen molar-refractivity contribution >= 4 is 50.7 Å². The van der Waals surface area contributed by atoms with Gasteiger partial charge in [-0.1, -0.05) is 90.8 Å². The van der Waals surface area contributed by atoms with Crippen LogP contribution < -0.4 is 9.62 Å². The number of hydrogen-bond donors (Lipinski definition) is 1. The lowest BCUT2D eigenvalue weighted by atomic mass is 10.0. The van der Waals surface area contributed by atoms with Crippen molar-refractivity contribution in [2.75, 3.05) is 17.4 Å². The number of sulfonamides is 1.